The number of hydrogen-bond acceptors (Lipinski definition) is 3. The normalized spacial score (nSPS) is 15.4. The highest BCUT2D eigenvalue weighted by molar-refractivity contribution is 5.84. The van der Waals surface area contributed by atoms with Crippen molar-refractivity contribution in [2.45, 2.75) is 31.8 Å². The number of nitrogens with zero attached hydrogens (tertiary/aromatic N) is 2. The summed E-state index contributed by atoms with van der Waals surface area (Å²) in [7, 11) is 0. The molecule has 0 aliphatic heterocycles. The molecule has 0 spiro atoms. The summed E-state index contributed by atoms with van der Waals surface area (Å²) in [6.45, 7) is 0.754. The minimum atomic E-state index is -0.109. The minimum absolute atomic E-state index is 0.00231. The first kappa shape index (κ1) is 19.4. The van der Waals surface area contributed by atoms with Crippen LogP contribution in [0.2, 0.25) is 0 Å². The van der Waals surface area contributed by atoms with Crippen molar-refractivity contribution >= 4 is 16.7 Å². The van der Waals surface area contributed by atoms with Crippen molar-refractivity contribution in [1.82, 2.24) is 15.1 Å². The topological polar surface area (TPSA) is 56.1 Å². The molecule has 1 amide bonds. The Bertz CT molecular complexity index is 1200. The number of benzene rings is 3. The standard InChI is InChI=1S/C26H25N3O2/c30-26(18-31-22-14-13-20-9-4-5-10-21(20)15-22)28-24-11-6-12-25-23(24)16-27-29(25)17-19-7-2-1-3-8-19/h1-5,7-10,13-16,24H,6,11-12,17-18H2,(H,28,30). The lowest BCUT2D eigenvalue weighted by Gasteiger charge is -2.24. The van der Waals surface area contributed by atoms with Crippen molar-refractivity contribution in [1.29, 1.82) is 0 Å². The highest BCUT2D eigenvalue weighted by Gasteiger charge is 2.25. The summed E-state index contributed by atoms with van der Waals surface area (Å²) >= 11 is 0. The Morgan fingerprint density at radius 3 is 2.71 bits per heavy atom. The third-order valence-corrected chi connectivity index (χ3v) is 5.86. The van der Waals surface area contributed by atoms with Crippen molar-refractivity contribution in [2.24, 2.45) is 0 Å². The molecule has 0 radical (unpaired) electrons. The molecule has 1 aliphatic carbocycles. The van der Waals surface area contributed by atoms with Crippen LogP contribution in [0.1, 0.15) is 35.7 Å². The van der Waals surface area contributed by atoms with Gasteiger partial charge in [-0.15, -0.1) is 0 Å². The zero-order valence-corrected chi connectivity index (χ0v) is 17.3. The fourth-order valence-electron chi connectivity index (χ4n) is 4.30. The number of aromatic nitrogens is 2. The number of hydrogen-bond donors (Lipinski definition) is 1. The zero-order chi connectivity index (χ0) is 21.0. The van der Waals surface area contributed by atoms with E-state index < -0.39 is 0 Å². The van der Waals surface area contributed by atoms with E-state index in [0.29, 0.717) is 5.75 Å². The van der Waals surface area contributed by atoms with Crippen LogP contribution in [0.25, 0.3) is 10.8 Å². The maximum atomic E-state index is 12.6. The van der Waals surface area contributed by atoms with E-state index in [1.165, 1.54) is 11.3 Å². The van der Waals surface area contributed by atoms with E-state index in [4.69, 9.17) is 4.74 Å². The highest BCUT2D eigenvalue weighted by atomic mass is 16.5. The Kier molecular flexibility index (Phi) is 5.40. The molecule has 156 valence electrons. The zero-order valence-electron chi connectivity index (χ0n) is 17.3. The molecule has 1 heterocycles. The van der Waals surface area contributed by atoms with Gasteiger partial charge in [-0.25, -0.2) is 0 Å². The second kappa shape index (κ2) is 8.64. The van der Waals surface area contributed by atoms with Gasteiger partial charge in [-0.05, 0) is 47.7 Å². The molecule has 1 aromatic heterocycles. The highest BCUT2D eigenvalue weighted by Crippen LogP contribution is 2.30. The lowest BCUT2D eigenvalue weighted by Crippen LogP contribution is -2.34. The van der Waals surface area contributed by atoms with Crippen LogP contribution in [-0.4, -0.2) is 22.3 Å². The molecular formula is C26H25N3O2. The largest absolute Gasteiger partial charge is 0.484 e. The van der Waals surface area contributed by atoms with E-state index in [-0.39, 0.29) is 18.6 Å². The van der Waals surface area contributed by atoms with E-state index in [2.05, 4.69) is 33.3 Å². The number of amides is 1. The predicted molar refractivity (Wildman–Crippen MR) is 121 cm³/mol. The summed E-state index contributed by atoms with van der Waals surface area (Å²) in [5, 5.41) is 10.0. The Hall–Kier alpha value is -3.60. The van der Waals surface area contributed by atoms with Crippen LogP contribution in [0.5, 0.6) is 5.75 Å². The van der Waals surface area contributed by atoms with Crippen LogP contribution in [0.3, 0.4) is 0 Å². The number of rotatable bonds is 6. The molecule has 1 atom stereocenters. The summed E-state index contributed by atoms with van der Waals surface area (Å²) in [4.78, 5) is 12.6. The molecule has 1 N–H and O–H groups in total. The van der Waals surface area contributed by atoms with Crippen LogP contribution in [-0.2, 0) is 17.8 Å². The molecule has 31 heavy (non-hydrogen) atoms. The van der Waals surface area contributed by atoms with Gasteiger partial charge in [0.05, 0.1) is 18.8 Å². The van der Waals surface area contributed by atoms with Gasteiger partial charge in [0.15, 0.2) is 6.61 Å². The van der Waals surface area contributed by atoms with Crippen molar-refractivity contribution in [3.63, 3.8) is 0 Å². The van der Waals surface area contributed by atoms with Crippen molar-refractivity contribution < 1.29 is 9.53 Å². The van der Waals surface area contributed by atoms with Gasteiger partial charge in [0.2, 0.25) is 0 Å². The van der Waals surface area contributed by atoms with Crippen molar-refractivity contribution in [2.75, 3.05) is 6.61 Å². The molecule has 4 aromatic rings. The van der Waals surface area contributed by atoms with Gasteiger partial charge in [-0.2, -0.15) is 5.10 Å². The molecule has 1 aliphatic rings. The van der Waals surface area contributed by atoms with E-state index in [0.717, 1.165) is 42.1 Å². The van der Waals surface area contributed by atoms with Crippen LogP contribution in [0.4, 0.5) is 0 Å². The van der Waals surface area contributed by atoms with Crippen molar-refractivity contribution in [3.05, 3.63) is 95.8 Å². The minimum Gasteiger partial charge on any atom is -0.484 e. The number of fused-ring (bicyclic) bond motifs is 2. The molecule has 1 unspecified atom stereocenters. The third kappa shape index (κ3) is 4.31. The Morgan fingerprint density at radius 2 is 1.84 bits per heavy atom. The average Bonchev–Trinajstić information content (AvgIpc) is 3.22. The van der Waals surface area contributed by atoms with Gasteiger partial charge in [0.25, 0.3) is 5.91 Å². The number of nitrogens with one attached hydrogen (secondary N) is 1. The van der Waals surface area contributed by atoms with Crippen LogP contribution >= 0.6 is 0 Å². The number of carbonyl (C=O) groups is 1. The summed E-state index contributed by atoms with van der Waals surface area (Å²) in [5.41, 5.74) is 3.57. The predicted octanol–water partition coefficient (Wildman–Crippen LogP) is 4.66. The van der Waals surface area contributed by atoms with E-state index >= 15 is 0 Å². The fourth-order valence-corrected chi connectivity index (χ4v) is 4.30. The Labute approximate surface area is 181 Å². The van der Waals surface area contributed by atoms with E-state index in [1.807, 2.05) is 60.8 Å². The van der Waals surface area contributed by atoms with Gasteiger partial charge in [-0.3, -0.25) is 9.48 Å². The summed E-state index contributed by atoms with van der Waals surface area (Å²) in [5.74, 6) is 0.593. The molecule has 0 bridgehead atoms. The number of carbonyl (C=O) groups excluding carboxylic acids is 1. The first-order valence-electron chi connectivity index (χ1n) is 10.8. The Balaban J connectivity index is 1.23. The number of ether oxygens (including phenoxy) is 1. The third-order valence-electron chi connectivity index (χ3n) is 5.86. The van der Waals surface area contributed by atoms with Gasteiger partial charge in [0, 0.05) is 11.3 Å². The SMILES string of the molecule is O=C(COc1ccc2ccccc2c1)NC1CCCc2c1cnn2Cc1ccccc1. The van der Waals surface area contributed by atoms with Gasteiger partial charge in [0.1, 0.15) is 5.75 Å². The quantitative estimate of drug-likeness (QED) is 0.502. The molecule has 0 fully saturated rings. The lowest BCUT2D eigenvalue weighted by atomic mass is 9.93. The summed E-state index contributed by atoms with van der Waals surface area (Å²) in [6.07, 6.45) is 4.85. The van der Waals surface area contributed by atoms with E-state index in [1.54, 1.807) is 0 Å². The first-order chi connectivity index (χ1) is 15.3. The van der Waals surface area contributed by atoms with Crippen molar-refractivity contribution in [3.8, 4) is 5.75 Å². The fraction of sp³-hybridized carbons (Fsp3) is 0.231. The molecule has 5 nitrogen and oxygen atoms in total. The van der Waals surface area contributed by atoms with E-state index in [9.17, 15) is 4.79 Å². The van der Waals surface area contributed by atoms with Crippen LogP contribution < -0.4 is 10.1 Å². The molecule has 3 aromatic carbocycles. The van der Waals surface area contributed by atoms with Gasteiger partial charge >= 0.3 is 0 Å². The lowest BCUT2D eigenvalue weighted by molar-refractivity contribution is -0.123. The first-order valence-corrected chi connectivity index (χ1v) is 10.8. The molecule has 0 saturated carbocycles. The van der Waals surface area contributed by atoms with Gasteiger partial charge < -0.3 is 10.1 Å². The maximum Gasteiger partial charge on any atom is 0.258 e. The van der Waals surface area contributed by atoms with Crippen LogP contribution in [0, 0.1) is 0 Å². The monoisotopic (exact) mass is 411 g/mol. The Morgan fingerprint density at radius 1 is 1.03 bits per heavy atom. The molecule has 5 rings (SSSR count). The maximum absolute atomic E-state index is 12.6. The average molecular weight is 412 g/mol. The van der Waals surface area contributed by atoms with Gasteiger partial charge in [-0.1, -0.05) is 60.7 Å². The molecule has 0 saturated heterocycles. The second-order valence-corrected chi connectivity index (χ2v) is 8.00. The second-order valence-electron chi connectivity index (χ2n) is 8.00. The summed E-state index contributed by atoms with van der Waals surface area (Å²) in [6, 6.07) is 24.3. The molecule has 5 heteroatoms. The van der Waals surface area contributed by atoms with Crippen LogP contribution in [0.15, 0.2) is 79.0 Å². The smallest absolute Gasteiger partial charge is 0.258 e. The summed E-state index contributed by atoms with van der Waals surface area (Å²) < 4.78 is 7.82. The molecular weight excluding hydrogens is 386 g/mol.